The summed E-state index contributed by atoms with van der Waals surface area (Å²) in [4.78, 5) is 22.3. The summed E-state index contributed by atoms with van der Waals surface area (Å²) in [5.41, 5.74) is 5.23. The lowest BCUT2D eigenvalue weighted by Crippen LogP contribution is -2.42. The van der Waals surface area contributed by atoms with Crippen LogP contribution in [-0.4, -0.2) is 31.4 Å². The number of hydrogen-bond donors (Lipinski definition) is 3. The Morgan fingerprint density at radius 3 is 2.33 bits per heavy atom. The fraction of sp³-hybridized carbons (Fsp3) is 0.846. The molecule has 0 heterocycles. The van der Waals surface area contributed by atoms with Gasteiger partial charge in [-0.15, -0.1) is 0 Å². The first kappa shape index (κ1) is 16.9. The van der Waals surface area contributed by atoms with Gasteiger partial charge in [0.2, 0.25) is 11.8 Å². The van der Waals surface area contributed by atoms with E-state index in [2.05, 4.69) is 31.4 Å². The molecule has 18 heavy (non-hydrogen) atoms. The van der Waals surface area contributed by atoms with Gasteiger partial charge >= 0.3 is 0 Å². The summed E-state index contributed by atoms with van der Waals surface area (Å²) in [6.45, 7) is 7.00. The third kappa shape index (κ3) is 8.98. The molecule has 106 valence electrons. The van der Waals surface area contributed by atoms with E-state index in [1.54, 1.807) is 0 Å². The highest BCUT2D eigenvalue weighted by molar-refractivity contribution is 5.85. The molecule has 0 atom stereocenters. The minimum Gasteiger partial charge on any atom is -0.354 e. The van der Waals surface area contributed by atoms with E-state index in [4.69, 9.17) is 5.73 Å². The average molecular weight is 257 g/mol. The Labute approximate surface area is 110 Å². The van der Waals surface area contributed by atoms with Crippen molar-refractivity contribution in [2.24, 2.45) is 11.1 Å². The second-order valence-electron chi connectivity index (χ2n) is 5.38. The van der Waals surface area contributed by atoms with Gasteiger partial charge in [-0.05, 0) is 11.8 Å². The summed E-state index contributed by atoms with van der Waals surface area (Å²) in [6, 6.07) is 0. The van der Waals surface area contributed by atoms with Gasteiger partial charge in [-0.25, -0.2) is 0 Å². The van der Waals surface area contributed by atoms with Crippen molar-refractivity contribution < 1.29 is 9.59 Å². The lowest BCUT2D eigenvalue weighted by molar-refractivity contribution is -0.125. The van der Waals surface area contributed by atoms with Crippen molar-refractivity contribution in [3.63, 3.8) is 0 Å². The monoisotopic (exact) mass is 257 g/mol. The van der Waals surface area contributed by atoms with E-state index in [9.17, 15) is 9.59 Å². The maximum Gasteiger partial charge on any atom is 0.239 e. The number of carbonyl (C=O) groups is 2. The van der Waals surface area contributed by atoms with Gasteiger partial charge in [-0.2, -0.15) is 0 Å². The topological polar surface area (TPSA) is 84.2 Å². The molecule has 0 unspecified atom stereocenters. The zero-order valence-corrected chi connectivity index (χ0v) is 11.8. The molecule has 4 N–H and O–H groups in total. The van der Waals surface area contributed by atoms with Crippen LogP contribution in [0.5, 0.6) is 0 Å². The Kier molecular flexibility index (Phi) is 8.37. The van der Waals surface area contributed by atoms with Crippen LogP contribution < -0.4 is 16.4 Å². The summed E-state index contributed by atoms with van der Waals surface area (Å²) in [5.74, 6) is -0.479. The summed E-state index contributed by atoms with van der Waals surface area (Å²) < 4.78 is 0. The van der Waals surface area contributed by atoms with Gasteiger partial charge in [0.15, 0.2) is 0 Å². The highest BCUT2D eigenvalue weighted by atomic mass is 16.2. The Bertz CT molecular complexity index is 265. The third-order valence-electron chi connectivity index (χ3n) is 2.85. The molecular weight excluding hydrogens is 230 g/mol. The van der Waals surface area contributed by atoms with Crippen LogP contribution in [0.2, 0.25) is 0 Å². The summed E-state index contributed by atoms with van der Waals surface area (Å²) >= 11 is 0. The quantitative estimate of drug-likeness (QED) is 0.534. The molecule has 0 radical (unpaired) electrons. The molecule has 0 aliphatic rings. The summed E-state index contributed by atoms with van der Waals surface area (Å²) in [7, 11) is 0. The molecule has 0 spiro atoms. The van der Waals surface area contributed by atoms with Crippen molar-refractivity contribution in [1.29, 1.82) is 0 Å². The van der Waals surface area contributed by atoms with E-state index in [-0.39, 0.29) is 30.3 Å². The second-order valence-corrected chi connectivity index (χ2v) is 5.38. The van der Waals surface area contributed by atoms with Gasteiger partial charge in [0.25, 0.3) is 0 Å². The molecule has 0 aliphatic carbocycles. The molecule has 0 fully saturated rings. The minimum atomic E-state index is -0.313. The van der Waals surface area contributed by atoms with Crippen molar-refractivity contribution in [1.82, 2.24) is 10.6 Å². The van der Waals surface area contributed by atoms with Crippen LogP contribution in [0.25, 0.3) is 0 Å². The highest BCUT2D eigenvalue weighted by Crippen LogP contribution is 2.22. The molecular formula is C13H27N3O2. The molecule has 0 aromatic carbocycles. The Hall–Kier alpha value is -1.10. The van der Waals surface area contributed by atoms with E-state index in [0.29, 0.717) is 6.54 Å². The minimum absolute atomic E-state index is 0.00106. The van der Waals surface area contributed by atoms with Crippen molar-refractivity contribution in [3.8, 4) is 0 Å². The fourth-order valence-corrected chi connectivity index (χ4v) is 1.59. The van der Waals surface area contributed by atoms with Crippen LogP contribution in [0, 0.1) is 5.41 Å². The summed E-state index contributed by atoms with van der Waals surface area (Å²) in [5, 5.41) is 5.28. The van der Waals surface area contributed by atoms with Crippen LogP contribution in [0.15, 0.2) is 0 Å². The van der Waals surface area contributed by atoms with Crippen molar-refractivity contribution in [2.45, 2.75) is 46.5 Å². The molecule has 0 bridgehead atoms. The van der Waals surface area contributed by atoms with Crippen LogP contribution >= 0.6 is 0 Å². The number of hydrogen-bond acceptors (Lipinski definition) is 3. The number of unbranched alkanes of at least 4 members (excludes halogenated alkanes) is 2. The van der Waals surface area contributed by atoms with Crippen LogP contribution in [0.4, 0.5) is 0 Å². The number of carbonyl (C=O) groups excluding carboxylic acids is 2. The predicted octanol–water partition coefficient (Wildman–Crippen LogP) is 0.784. The molecule has 0 aromatic rings. The lowest BCUT2D eigenvalue weighted by Gasteiger charge is -2.25. The van der Waals surface area contributed by atoms with Crippen LogP contribution in [0.1, 0.15) is 46.5 Å². The molecule has 0 saturated heterocycles. The number of rotatable bonds is 9. The van der Waals surface area contributed by atoms with Gasteiger partial charge in [-0.1, -0.05) is 40.0 Å². The molecule has 2 amide bonds. The Morgan fingerprint density at radius 1 is 1.11 bits per heavy atom. The molecule has 0 rings (SSSR count). The smallest absolute Gasteiger partial charge is 0.239 e. The first-order chi connectivity index (χ1) is 8.41. The number of amides is 2. The Balaban J connectivity index is 3.78. The second kappa shape index (κ2) is 8.91. The number of nitrogens with two attached hydrogens (primary N) is 1. The maximum absolute atomic E-state index is 11.5. The third-order valence-corrected chi connectivity index (χ3v) is 2.85. The summed E-state index contributed by atoms with van der Waals surface area (Å²) in [6.07, 6.45) is 4.71. The van der Waals surface area contributed by atoms with Gasteiger partial charge in [-0.3, -0.25) is 9.59 Å². The highest BCUT2D eigenvalue weighted by Gasteiger charge is 2.18. The number of nitrogens with one attached hydrogen (secondary N) is 2. The zero-order chi connectivity index (χ0) is 14.0. The standard InChI is InChI=1S/C13H27N3O2/c1-4-5-6-7-13(2,3)10-16-12(18)9-15-11(17)8-14/h4-10,14H2,1-3H3,(H,15,17)(H,16,18). The molecule has 0 saturated carbocycles. The van der Waals surface area contributed by atoms with E-state index >= 15 is 0 Å². The first-order valence-electron chi connectivity index (χ1n) is 6.64. The first-order valence-corrected chi connectivity index (χ1v) is 6.64. The molecule has 0 aromatic heterocycles. The van der Waals surface area contributed by atoms with Crippen molar-refractivity contribution in [2.75, 3.05) is 19.6 Å². The van der Waals surface area contributed by atoms with Crippen LogP contribution in [0.3, 0.4) is 0 Å². The largest absolute Gasteiger partial charge is 0.354 e. The van der Waals surface area contributed by atoms with Gasteiger partial charge in [0.1, 0.15) is 0 Å². The predicted molar refractivity (Wildman–Crippen MR) is 73.0 cm³/mol. The normalized spacial score (nSPS) is 11.1. The van der Waals surface area contributed by atoms with Crippen molar-refractivity contribution in [3.05, 3.63) is 0 Å². The zero-order valence-electron chi connectivity index (χ0n) is 11.8. The van der Waals surface area contributed by atoms with E-state index in [0.717, 1.165) is 6.42 Å². The van der Waals surface area contributed by atoms with E-state index in [1.807, 2.05) is 0 Å². The molecule has 5 nitrogen and oxygen atoms in total. The van der Waals surface area contributed by atoms with Crippen LogP contribution in [-0.2, 0) is 9.59 Å². The SMILES string of the molecule is CCCCCC(C)(C)CNC(=O)CNC(=O)CN. The fourth-order valence-electron chi connectivity index (χ4n) is 1.59. The van der Waals surface area contributed by atoms with E-state index in [1.165, 1.54) is 19.3 Å². The average Bonchev–Trinajstić information content (AvgIpc) is 2.33. The van der Waals surface area contributed by atoms with Gasteiger partial charge < -0.3 is 16.4 Å². The van der Waals surface area contributed by atoms with Gasteiger partial charge in [0.05, 0.1) is 13.1 Å². The lowest BCUT2D eigenvalue weighted by atomic mass is 9.87. The molecule has 5 heteroatoms. The van der Waals surface area contributed by atoms with E-state index < -0.39 is 0 Å². The maximum atomic E-state index is 11.5. The van der Waals surface area contributed by atoms with Gasteiger partial charge in [0, 0.05) is 6.54 Å². The van der Waals surface area contributed by atoms with Crippen molar-refractivity contribution >= 4 is 11.8 Å². The Morgan fingerprint density at radius 2 is 1.78 bits per heavy atom. The molecule has 0 aliphatic heterocycles.